The first-order valence-corrected chi connectivity index (χ1v) is 7.98. The van der Waals surface area contributed by atoms with E-state index in [4.69, 9.17) is 5.73 Å². The molecule has 0 saturated carbocycles. The van der Waals surface area contributed by atoms with Crippen LogP contribution in [0.25, 0.3) is 0 Å². The maximum absolute atomic E-state index is 11.3. The molecule has 2 unspecified atom stereocenters. The first-order valence-electron chi connectivity index (χ1n) is 6.36. The van der Waals surface area contributed by atoms with Gasteiger partial charge in [0.05, 0.1) is 11.4 Å². The van der Waals surface area contributed by atoms with E-state index in [1.54, 1.807) is 6.26 Å². The molecule has 1 heterocycles. The monoisotopic (exact) mass is 272 g/mol. The normalized spacial score (nSPS) is 14.4. The van der Waals surface area contributed by atoms with Gasteiger partial charge in [-0.2, -0.15) is 5.10 Å². The Morgan fingerprint density at radius 1 is 1.56 bits per heavy atom. The average molecular weight is 272 g/mol. The summed E-state index contributed by atoms with van der Waals surface area (Å²) in [6, 6.07) is 0. The van der Waals surface area contributed by atoms with Gasteiger partial charge in [-0.3, -0.25) is 4.21 Å². The first kappa shape index (κ1) is 15.0. The van der Waals surface area contributed by atoms with E-state index in [1.165, 1.54) is 0 Å². The van der Waals surface area contributed by atoms with E-state index < -0.39 is 10.8 Å². The highest BCUT2D eigenvalue weighted by Gasteiger charge is 2.12. The van der Waals surface area contributed by atoms with E-state index in [0.717, 1.165) is 37.4 Å². The number of nitrogens with zero attached hydrogens (tertiary/aromatic N) is 2. The SMILES string of the molecule is CCCn1nc(C)c(N)c1NCCC(C)S(C)=O. The maximum atomic E-state index is 11.3. The molecular formula is C12H24N4OS. The van der Waals surface area contributed by atoms with Gasteiger partial charge in [-0.25, -0.2) is 4.68 Å². The van der Waals surface area contributed by atoms with Gasteiger partial charge < -0.3 is 11.1 Å². The van der Waals surface area contributed by atoms with Crippen molar-refractivity contribution in [3.05, 3.63) is 5.69 Å². The third-order valence-corrected chi connectivity index (χ3v) is 4.39. The van der Waals surface area contributed by atoms with E-state index in [2.05, 4.69) is 17.3 Å². The van der Waals surface area contributed by atoms with Crippen LogP contribution in [0, 0.1) is 6.92 Å². The molecule has 1 rings (SSSR count). The van der Waals surface area contributed by atoms with Crippen molar-refractivity contribution in [2.24, 2.45) is 0 Å². The molecule has 0 amide bonds. The second-order valence-electron chi connectivity index (χ2n) is 4.60. The van der Waals surface area contributed by atoms with Crippen LogP contribution in [0.3, 0.4) is 0 Å². The van der Waals surface area contributed by atoms with Gasteiger partial charge in [0.15, 0.2) is 0 Å². The molecule has 1 aromatic heterocycles. The number of anilines is 2. The van der Waals surface area contributed by atoms with Crippen LogP contribution in [0.15, 0.2) is 0 Å². The number of nitrogens with two attached hydrogens (primary N) is 1. The highest BCUT2D eigenvalue weighted by molar-refractivity contribution is 7.84. The summed E-state index contributed by atoms with van der Waals surface area (Å²) >= 11 is 0. The van der Waals surface area contributed by atoms with E-state index in [0.29, 0.717) is 5.69 Å². The number of aromatic nitrogens is 2. The quantitative estimate of drug-likeness (QED) is 0.793. The highest BCUT2D eigenvalue weighted by atomic mass is 32.2. The molecular weight excluding hydrogens is 248 g/mol. The zero-order chi connectivity index (χ0) is 13.7. The Balaban J connectivity index is 2.63. The van der Waals surface area contributed by atoms with E-state index in [1.807, 2.05) is 18.5 Å². The van der Waals surface area contributed by atoms with E-state index >= 15 is 0 Å². The van der Waals surface area contributed by atoms with Crippen molar-refractivity contribution in [3.8, 4) is 0 Å². The standard InChI is InChI=1S/C12H24N4OS/c1-5-8-16-12(11(13)10(3)15-16)14-7-6-9(2)18(4)17/h9,14H,5-8,13H2,1-4H3. The Labute approximate surface area is 112 Å². The topological polar surface area (TPSA) is 72.9 Å². The minimum Gasteiger partial charge on any atom is -0.394 e. The molecule has 0 spiro atoms. The van der Waals surface area contributed by atoms with Crippen molar-refractivity contribution in [1.82, 2.24) is 9.78 Å². The summed E-state index contributed by atoms with van der Waals surface area (Å²) in [7, 11) is -0.771. The molecule has 0 aliphatic rings. The summed E-state index contributed by atoms with van der Waals surface area (Å²) in [6.45, 7) is 7.64. The van der Waals surface area contributed by atoms with Gasteiger partial charge in [0, 0.05) is 35.4 Å². The van der Waals surface area contributed by atoms with Crippen LogP contribution in [0.2, 0.25) is 0 Å². The Morgan fingerprint density at radius 2 is 2.22 bits per heavy atom. The second-order valence-corrected chi connectivity index (χ2v) is 6.40. The lowest BCUT2D eigenvalue weighted by molar-refractivity contribution is 0.601. The summed E-state index contributed by atoms with van der Waals surface area (Å²) < 4.78 is 13.2. The van der Waals surface area contributed by atoms with Gasteiger partial charge in [0.25, 0.3) is 0 Å². The van der Waals surface area contributed by atoms with Crippen LogP contribution in [0.1, 0.15) is 32.4 Å². The summed E-state index contributed by atoms with van der Waals surface area (Å²) in [5.41, 5.74) is 7.58. The lowest BCUT2D eigenvalue weighted by atomic mass is 10.3. The Kier molecular flexibility index (Phi) is 5.65. The van der Waals surface area contributed by atoms with Gasteiger partial charge in [0.2, 0.25) is 0 Å². The van der Waals surface area contributed by atoms with Crippen LogP contribution in [0.5, 0.6) is 0 Å². The zero-order valence-corrected chi connectivity index (χ0v) is 12.5. The van der Waals surface area contributed by atoms with Crippen LogP contribution in [0.4, 0.5) is 11.5 Å². The van der Waals surface area contributed by atoms with Gasteiger partial charge >= 0.3 is 0 Å². The minimum atomic E-state index is -0.771. The number of nitrogens with one attached hydrogen (secondary N) is 1. The molecule has 1 aromatic rings. The van der Waals surface area contributed by atoms with Gasteiger partial charge in [-0.15, -0.1) is 0 Å². The molecule has 0 aliphatic carbocycles. The molecule has 5 nitrogen and oxygen atoms in total. The van der Waals surface area contributed by atoms with Crippen molar-refractivity contribution in [1.29, 1.82) is 0 Å². The molecule has 0 aliphatic heterocycles. The lowest BCUT2D eigenvalue weighted by Crippen LogP contribution is -2.17. The Hall–Kier alpha value is -1.04. The second kappa shape index (κ2) is 6.78. The third kappa shape index (κ3) is 3.73. The molecule has 0 fully saturated rings. The molecule has 0 radical (unpaired) electrons. The predicted octanol–water partition coefficient (Wildman–Crippen LogP) is 1.75. The van der Waals surface area contributed by atoms with Gasteiger partial charge in [-0.1, -0.05) is 13.8 Å². The Bertz CT molecular complexity index is 416. The van der Waals surface area contributed by atoms with Crippen molar-refractivity contribution in [2.75, 3.05) is 23.9 Å². The molecule has 6 heteroatoms. The fourth-order valence-corrected chi connectivity index (χ4v) is 2.16. The highest BCUT2D eigenvalue weighted by Crippen LogP contribution is 2.22. The van der Waals surface area contributed by atoms with Crippen LogP contribution in [-0.2, 0) is 17.3 Å². The van der Waals surface area contributed by atoms with Gasteiger partial charge in [0.1, 0.15) is 5.82 Å². The number of hydrogen-bond acceptors (Lipinski definition) is 4. The van der Waals surface area contributed by atoms with Crippen LogP contribution >= 0.6 is 0 Å². The largest absolute Gasteiger partial charge is 0.394 e. The minimum absolute atomic E-state index is 0.197. The fraction of sp³-hybridized carbons (Fsp3) is 0.750. The summed E-state index contributed by atoms with van der Waals surface area (Å²) in [5.74, 6) is 0.892. The number of aryl methyl sites for hydroxylation is 2. The van der Waals surface area contributed by atoms with Crippen LogP contribution < -0.4 is 11.1 Å². The van der Waals surface area contributed by atoms with E-state index in [-0.39, 0.29) is 5.25 Å². The zero-order valence-electron chi connectivity index (χ0n) is 11.7. The molecule has 3 N–H and O–H groups in total. The number of nitrogen functional groups attached to an aromatic ring is 1. The Morgan fingerprint density at radius 3 is 2.78 bits per heavy atom. The molecule has 0 bridgehead atoms. The van der Waals surface area contributed by atoms with Crippen molar-refractivity contribution in [3.63, 3.8) is 0 Å². The van der Waals surface area contributed by atoms with Crippen molar-refractivity contribution in [2.45, 2.75) is 45.4 Å². The molecule has 0 saturated heterocycles. The fourth-order valence-electron chi connectivity index (χ4n) is 1.72. The van der Waals surface area contributed by atoms with Crippen molar-refractivity contribution < 1.29 is 4.21 Å². The lowest BCUT2D eigenvalue weighted by Gasteiger charge is -2.12. The summed E-state index contributed by atoms with van der Waals surface area (Å²) in [6.07, 6.45) is 3.62. The van der Waals surface area contributed by atoms with Crippen molar-refractivity contribution >= 4 is 22.3 Å². The molecule has 18 heavy (non-hydrogen) atoms. The molecule has 2 atom stereocenters. The van der Waals surface area contributed by atoms with Crippen LogP contribution in [-0.4, -0.2) is 32.0 Å². The first-order chi connectivity index (χ1) is 8.47. The van der Waals surface area contributed by atoms with E-state index in [9.17, 15) is 4.21 Å². The molecule has 104 valence electrons. The smallest absolute Gasteiger partial charge is 0.148 e. The number of rotatable bonds is 7. The number of hydrogen-bond donors (Lipinski definition) is 2. The molecule has 0 aromatic carbocycles. The third-order valence-electron chi connectivity index (χ3n) is 3.02. The van der Waals surface area contributed by atoms with Gasteiger partial charge in [-0.05, 0) is 19.8 Å². The predicted molar refractivity (Wildman–Crippen MR) is 78.3 cm³/mol. The summed E-state index contributed by atoms with van der Waals surface area (Å²) in [5, 5.41) is 7.91. The summed E-state index contributed by atoms with van der Waals surface area (Å²) in [4.78, 5) is 0. The maximum Gasteiger partial charge on any atom is 0.148 e. The average Bonchev–Trinajstić information content (AvgIpc) is 2.57.